The molecule has 2 heterocycles. The number of benzene rings is 1. The Morgan fingerprint density at radius 1 is 1.25 bits per heavy atom. The average molecular weight is 401 g/mol. The van der Waals surface area contributed by atoms with Gasteiger partial charge in [0.1, 0.15) is 11.9 Å². The number of esters is 1. The van der Waals surface area contributed by atoms with Crippen LogP contribution in [0.4, 0.5) is 15.2 Å². The van der Waals surface area contributed by atoms with Gasteiger partial charge in [0.25, 0.3) is 0 Å². The van der Waals surface area contributed by atoms with Gasteiger partial charge < -0.3 is 10.1 Å². The Hall–Kier alpha value is -1.95. The van der Waals surface area contributed by atoms with Gasteiger partial charge in [-0.15, -0.1) is 11.3 Å². The van der Waals surface area contributed by atoms with Gasteiger partial charge in [0.15, 0.2) is 5.13 Å². The summed E-state index contributed by atoms with van der Waals surface area (Å²) < 4.78 is 19.1. The lowest BCUT2D eigenvalue weighted by Crippen LogP contribution is -2.50. The lowest BCUT2D eigenvalue weighted by molar-refractivity contribution is -0.149. The molecule has 1 aromatic carbocycles. The van der Waals surface area contributed by atoms with Crippen LogP contribution in [-0.2, 0) is 16.0 Å². The number of ether oxygens (including phenoxy) is 1. The fraction of sp³-hybridized carbons (Fsp3) is 0.545. The number of aromatic nitrogens is 1. The van der Waals surface area contributed by atoms with Gasteiger partial charge in [0.05, 0.1) is 11.6 Å². The van der Waals surface area contributed by atoms with Crippen molar-refractivity contribution in [1.82, 2.24) is 4.98 Å². The van der Waals surface area contributed by atoms with Gasteiger partial charge in [-0.1, -0.05) is 20.8 Å². The molecule has 28 heavy (non-hydrogen) atoms. The number of carbonyl (C=O) groups excluding carboxylic acids is 1. The highest BCUT2D eigenvalue weighted by Gasteiger charge is 2.58. The highest BCUT2D eigenvalue weighted by molar-refractivity contribution is 7.15. The number of halogens is 1. The topological polar surface area (TPSA) is 51.2 Å². The molecule has 2 aliphatic carbocycles. The molecule has 1 saturated carbocycles. The first-order chi connectivity index (χ1) is 13.4. The van der Waals surface area contributed by atoms with E-state index in [4.69, 9.17) is 9.72 Å². The van der Waals surface area contributed by atoms with E-state index < -0.39 is 0 Å². The molecular weight excluding hydrogens is 375 g/mol. The standard InChI is InChI=1S/C22H25FN2O2S/c1-11-15-8-9-22(3)10-16-18(12(2)17(22)19(15)27-20(11)26)25-21(28-16)24-14-6-4-13(23)5-7-14/h4-7,11-12,15,17,19H,8-10H2,1-3H3,(H,24,25)/t11-,12-,15-,17+,19-,22-/m0/s1. The van der Waals surface area contributed by atoms with Crippen molar-refractivity contribution in [3.63, 3.8) is 0 Å². The summed E-state index contributed by atoms with van der Waals surface area (Å²) >= 11 is 1.70. The summed E-state index contributed by atoms with van der Waals surface area (Å²) in [5.41, 5.74) is 2.10. The number of thiazole rings is 1. The number of nitrogens with zero attached hydrogens (tertiary/aromatic N) is 1. The smallest absolute Gasteiger partial charge is 0.309 e. The molecule has 0 bridgehead atoms. The van der Waals surface area contributed by atoms with Crippen LogP contribution >= 0.6 is 11.3 Å². The number of fused-ring (bicyclic) bond motifs is 4. The molecule has 3 aliphatic rings. The summed E-state index contributed by atoms with van der Waals surface area (Å²) in [4.78, 5) is 18.5. The van der Waals surface area contributed by atoms with Crippen molar-refractivity contribution in [2.45, 2.75) is 52.1 Å². The minimum Gasteiger partial charge on any atom is -0.461 e. The van der Waals surface area contributed by atoms with Gasteiger partial charge >= 0.3 is 5.97 Å². The number of rotatable bonds is 2. The van der Waals surface area contributed by atoms with Gasteiger partial charge in [-0.3, -0.25) is 4.79 Å². The molecule has 4 nitrogen and oxygen atoms in total. The summed E-state index contributed by atoms with van der Waals surface area (Å²) in [6, 6.07) is 6.35. The SMILES string of the molecule is C[C@@H]1C(=O)O[C@H]2[C@H]1CC[C@@]1(C)Cc3sc(Nc4ccc(F)cc4)nc3[C@@H](C)[C@H]21. The van der Waals surface area contributed by atoms with E-state index in [-0.39, 0.29) is 35.1 Å². The van der Waals surface area contributed by atoms with Crippen molar-refractivity contribution in [2.24, 2.45) is 23.2 Å². The van der Waals surface area contributed by atoms with E-state index >= 15 is 0 Å². The average Bonchev–Trinajstić information content (AvgIpc) is 3.17. The molecule has 0 spiro atoms. The molecule has 148 valence electrons. The van der Waals surface area contributed by atoms with Crippen LogP contribution in [0.1, 0.15) is 50.1 Å². The summed E-state index contributed by atoms with van der Waals surface area (Å²) in [7, 11) is 0. The Labute approximate surface area is 168 Å². The van der Waals surface area contributed by atoms with E-state index in [9.17, 15) is 9.18 Å². The van der Waals surface area contributed by atoms with E-state index in [1.807, 2.05) is 6.92 Å². The predicted molar refractivity (Wildman–Crippen MR) is 107 cm³/mol. The molecule has 1 aromatic heterocycles. The van der Waals surface area contributed by atoms with Gasteiger partial charge in [-0.25, -0.2) is 9.37 Å². The van der Waals surface area contributed by atoms with Crippen molar-refractivity contribution in [3.8, 4) is 0 Å². The molecule has 1 N–H and O–H groups in total. The lowest BCUT2D eigenvalue weighted by atomic mass is 9.54. The van der Waals surface area contributed by atoms with Crippen LogP contribution in [0.3, 0.4) is 0 Å². The maximum atomic E-state index is 13.2. The number of hydrogen-bond acceptors (Lipinski definition) is 5. The Morgan fingerprint density at radius 3 is 2.75 bits per heavy atom. The van der Waals surface area contributed by atoms with Crippen molar-refractivity contribution >= 4 is 28.1 Å². The zero-order valence-electron chi connectivity index (χ0n) is 16.4. The molecule has 1 aliphatic heterocycles. The third kappa shape index (κ3) is 2.68. The highest BCUT2D eigenvalue weighted by atomic mass is 32.1. The molecule has 0 unspecified atom stereocenters. The molecule has 2 aromatic rings. The van der Waals surface area contributed by atoms with E-state index in [0.29, 0.717) is 11.8 Å². The lowest BCUT2D eigenvalue weighted by Gasteiger charge is -2.51. The Balaban J connectivity index is 1.46. The third-order valence-corrected chi connectivity index (χ3v) is 8.24. The summed E-state index contributed by atoms with van der Waals surface area (Å²) in [5.74, 6) is 0.631. The van der Waals surface area contributed by atoms with Gasteiger partial charge in [0, 0.05) is 28.3 Å². The molecule has 5 rings (SSSR count). The van der Waals surface area contributed by atoms with Crippen LogP contribution in [0.25, 0.3) is 0 Å². The highest BCUT2D eigenvalue weighted by Crippen LogP contribution is 2.59. The normalized spacial score (nSPS) is 36.3. The number of anilines is 2. The molecule has 1 saturated heterocycles. The molecule has 0 radical (unpaired) electrons. The zero-order chi connectivity index (χ0) is 19.6. The molecule has 0 amide bonds. The minimum absolute atomic E-state index is 0.00860. The van der Waals surface area contributed by atoms with Crippen LogP contribution in [-0.4, -0.2) is 17.1 Å². The largest absolute Gasteiger partial charge is 0.461 e. The quantitative estimate of drug-likeness (QED) is 0.697. The van der Waals surface area contributed by atoms with E-state index in [1.165, 1.54) is 17.0 Å². The van der Waals surface area contributed by atoms with Gasteiger partial charge in [0.2, 0.25) is 0 Å². The minimum atomic E-state index is -0.246. The van der Waals surface area contributed by atoms with E-state index in [0.717, 1.165) is 35.8 Å². The second kappa shape index (κ2) is 6.28. The first-order valence-electron chi connectivity index (χ1n) is 10.1. The van der Waals surface area contributed by atoms with Crippen LogP contribution in [0, 0.1) is 29.0 Å². The van der Waals surface area contributed by atoms with Gasteiger partial charge in [-0.2, -0.15) is 0 Å². The second-order valence-corrected chi connectivity index (χ2v) is 10.1. The summed E-state index contributed by atoms with van der Waals surface area (Å²) in [6.07, 6.45) is 3.18. The van der Waals surface area contributed by atoms with E-state index in [2.05, 4.69) is 19.2 Å². The van der Waals surface area contributed by atoms with Crippen molar-refractivity contribution in [1.29, 1.82) is 0 Å². The maximum absolute atomic E-state index is 13.2. The predicted octanol–water partition coefficient (Wildman–Crippen LogP) is 5.28. The van der Waals surface area contributed by atoms with Crippen LogP contribution in [0.2, 0.25) is 0 Å². The monoisotopic (exact) mass is 400 g/mol. The van der Waals surface area contributed by atoms with Crippen molar-refractivity contribution in [2.75, 3.05) is 5.32 Å². The fourth-order valence-corrected chi connectivity index (χ4v) is 7.07. The fourth-order valence-electron chi connectivity index (χ4n) is 5.79. The second-order valence-electron chi connectivity index (χ2n) is 9.00. The first-order valence-corrected chi connectivity index (χ1v) is 10.9. The van der Waals surface area contributed by atoms with Crippen LogP contribution < -0.4 is 5.32 Å². The maximum Gasteiger partial charge on any atom is 0.309 e. The first kappa shape index (κ1) is 18.1. The van der Waals surface area contributed by atoms with E-state index in [1.54, 1.807) is 23.5 Å². The van der Waals surface area contributed by atoms with Crippen LogP contribution in [0.15, 0.2) is 24.3 Å². The zero-order valence-corrected chi connectivity index (χ0v) is 17.2. The Bertz CT molecular complexity index is 927. The number of carbonyl (C=O) groups is 1. The van der Waals surface area contributed by atoms with Crippen molar-refractivity contribution < 1.29 is 13.9 Å². The third-order valence-electron chi connectivity index (χ3n) is 7.25. The summed E-state index contributed by atoms with van der Waals surface area (Å²) in [6.45, 7) is 6.61. The van der Waals surface area contributed by atoms with Gasteiger partial charge in [-0.05, 0) is 48.9 Å². The molecule has 2 fully saturated rings. The number of hydrogen-bond donors (Lipinski definition) is 1. The van der Waals surface area contributed by atoms with Crippen LogP contribution in [0.5, 0.6) is 0 Å². The molecule has 6 heteroatoms. The number of nitrogens with one attached hydrogen (secondary N) is 1. The summed E-state index contributed by atoms with van der Waals surface area (Å²) in [5, 5.41) is 4.16. The Kier molecular flexibility index (Phi) is 4.06. The Morgan fingerprint density at radius 2 is 2.00 bits per heavy atom. The molecular formula is C22H25FN2O2S. The molecule has 6 atom stereocenters. The van der Waals surface area contributed by atoms with Crippen molar-refractivity contribution in [3.05, 3.63) is 40.7 Å².